The highest BCUT2D eigenvalue weighted by atomic mass is 19.4. The number of terminal acetylenes is 1. The lowest BCUT2D eigenvalue weighted by Crippen LogP contribution is -2.50. The van der Waals surface area contributed by atoms with E-state index in [1.807, 2.05) is 95.9 Å². The fourth-order valence-corrected chi connectivity index (χ4v) is 10.3. The highest BCUT2D eigenvalue weighted by Crippen LogP contribution is 2.52. The van der Waals surface area contributed by atoms with Gasteiger partial charge in [0.1, 0.15) is 41.5 Å². The number of rotatable bonds is 13. The average Bonchev–Trinajstić information content (AvgIpc) is 4.15. The van der Waals surface area contributed by atoms with Gasteiger partial charge < -0.3 is 28.7 Å². The number of ether oxygens (including phenoxy) is 4. The number of likely N-dealkylation sites (tertiary alicyclic amines) is 1. The highest BCUT2D eigenvalue weighted by Gasteiger charge is 2.49. The number of piperazine rings is 1. The first kappa shape index (κ1) is 49.6. The van der Waals surface area contributed by atoms with Gasteiger partial charge in [0.25, 0.3) is 0 Å². The number of carbonyl (C=O) groups is 1. The first-order chi connectivity index (χ1) is 35.5. The monoisotopic (exact) mass is 1000 g/mol. The maximum absolute atomic E-state index is 17.0. The van der Waals surface area contributed by atoms with Gasteiger partial charge in [0, 0.05) is 59.9 Å². The summed E-state index contributed by atoms with van der Waals surface area (Å²) in [6.45, 7) is 8.86. The van der Waals surface area contributed by atoms with Crippen LogP contribution in [0.5, 0.6) is 11.8 Å². The number of fused-ring (bicyclic) bond motifs is 4. The Bertz CT molecular complexity index is 3320. The summed E-state index contributed by atoms with van der Waals surface area (Å²) < 4.78 is 92.4. The molecule has 6 aromatic carbocycles. The zero-order valence-corrected chi connectivity index (χ0v) is 41.8. The van der Waals surface area contributed by atoms with Crippen LogP contribution < -0.4 is 14.4 Å². The number of carbonyl (C=O) groups excluding carboxylic acids is 1. The zero-order valence-electron chi connectivity index (χ0n) is 41.8. The minimum atomic E-state index is -5.06. The molecule has 2 saturated heterocycles. The van der Waals surface area contributed by atoms with Gasteiger partial charge in [-0.3, -0.25) is 4.68 Å². The fourth-order valence-electron chi connectivity index (χ4n) is 10.3. The fraction of sp³-hybridized carbons (Fsp3) is 0.288. The number of halogens is 4. The van der Waals surface area contributed by atoms with Crippen molar-refractivity contribution in [1.82, 2.24) is 24.6 Å². The van der Waals surface area contributed by atoms with Gasteiger partial charge in [-0.15, -0.1) is 6.42 Å². The van der Waals surface area contributed by atoms with E-state index in [0.29, 0.717) is 17.5 Å². The van der Waals surface area contributed by atoms with Crippen LogP contribution >= 0.6 is 0 Å². The smallest absolute Gasteiger partial charge is 0.417 e. The molecule has 0 N–H and O–H groups in total. The Morgan fingerprint density at radius 1 is 0.811 bits per heavy atom. The van der Waals surface area contributed by atoms with Gasteiger partial charge in [0.15, 0.2) is 5.75 Å². The molecule has 3 atom stereocenters. The normalized spacial score (nSPS) is 16.2. The van der Waals surface area contributed by atoms with Crippen molar-refractivity contribution in [3.05, 3.63) is 178 Å². The van der Waals surface area contributed by atoms with Crippen molar-refractivity contribution in [2.24, 2.45) is 0 Å². The van der Waals surface area contributed by atoms with Crippen LogP contribution in [0.2, 0.25) is 0 Å². The molecular weight excluding hydrogens is 949 g/mol. The molecular formula is C59H54F4N6O5. The molecule has 11 nitrogen and oxygen atoms in total. The average molecular weight is 1000 g/mol. The SMILES string of the molecule is C#Cc1ccc(COc2c(-c3c(C)c(F)cc4nn(C(c5ccccc5)(c5ccccc5)c5ccccc5)cc34)c(C(F)(F)F)cc3c(N4C[C@@H]5C[C@H]4CN5C(=O)OC(C)(C)C)nc(OC[C@H](C)OC)nc23)cc1. The molecule has 15 heteroatoms. The van der Waals surface area contributed by atoms with E-state index in [1.165, 1.54) is 20.1 Å². The standard InChI is InChI=1S/C59H54F4N6O5/c1-8-38-24-26-39(27-25-38)35-72-53-51(50-37(3)48(60)30-49-46(50)33-69(66-49)58(40-18-12-9-13-19-40,41-20-14-10-15-21-41)42-22-16-11-17-23-42)47(59(61,62)63)29-45-52(53)64-55(73-34-36(2)71-7)65-54(45)67-31-44-28-43(67)32-68(44)56(70)74-57(4,5)6/h1,9-27,29-30,33,36,43-44H,28,31-32,34-35H2,2-7H3/t36-,43-,44-/m0/s1. The first-order valence-electron chi connectivity index (χ1n) is 24.4. The van der Waals surface area contributed by atoms with Crippen LogP contribution in [0.3, 0.4) is 0 Å². The number of amides is 1. The number of nitrogens with zero attached hydrogens (tertiary/aromatic N) is 6. The van der Waals surface area contributed by atoms with Crippen LogP contribution in [0.4, 0.5) is 28.2 Å². The first-order valence-corrected chi connectivity index (χ1v) is 24.4. The second-order valence-corrected chi connectivity index (χ2v) is 19.8. The van der Waals surface area contributed by atoms with Gasteiger partial charge in [-0.2, -0.15) is 28.2 Å². The molecule has 8 aromatic rings. The molecule has 0 unspecified atom stereocenters. The lowest BCUT2D eigenvalue weighted by Gasteiger charge is -2.36. The second kappa shape index (κ2) is 19.5. The van der Waals surface area contributed by atoms with Crippen molar-refractivity contribution in [3.63, 3.8) is 0 Å². The Kier molecular flexibility index (Phi) is 13.1. The van der Waals surface area contributed by atoms with Gasteiger partial charge in [-0.1, -0.05) is 109 Å². The summed E-state index contributed by atoms with van der Waals surface area (Å²) in [4.78, 5) is 26.7. The topological polar surface area (TPSA) is 104 Å². The number of aromatic nitrogens is 4. The summed E-state index contributed by atoms with van der Waals surface area (Å²) in [7, 11) is 1.53. The number of hydrogen-bond donors (Lipinski definition) is 0. The molecule has 74 heavy (non-hydrogen) atoms. The Labute approximate surface area is 426 Å². The Morgan fingerprint density at radius 2 is 1.43 bits per heavy atom. The van der Waals surface area contributed by atoms with Crippen LogP contribution in [-0.4, -0.2) is 81.3 Å². The summed E-state index contributed by atoms with van der Waals surface area (Å²) in [6, 6.07) is 37.4. The summed E-state index contributed by atoms with van der Waals surface area (Å²) >= 11 is 0. The van der Waals surface area contributed by atoms with E-state index in [2.05, 4.69) is 5.92 Å². The van der Waals surface area contributed by atoms with E-state index in [0.717, 1.165) is 22.8 Å². The quantitative estimate of drug-likeness (QED) is 0.0634. The van der Waals surface area contributed by atoms with Crippen LogP contribution in [0.25, 0.3) is 32.9 Å². The van der Waals surface area contributed by atoms with Crippen LogP contribution in [0, 0.1) is 25.1 Å². The van der Waals surface area contributed by atoms with Crippen molar-refractivity contribution in [3.8, 4) is 35.2 Å². The van der Waals surface area contributed by atoms with Gasteiger partial charge in [-0.25, -0.2) is 9.18 Å². The molecule has 0 saturated carbocycles. The lowest BCUT2D eigenvalue weighted by molar-refractivity contribution is -0.137. The van der Waals surface area contributed by atoms with Crippen molar-refractivity contribution in [1.29, 1.82) is 0 Å². The van der Waals surface area contributed by atoms with Crippen LogP contribution in [0.1, 0.15) is 73.1 Å². The third-order valence-corrected chi connectivity index (χ3v) is 13.9. The van der Waals surface area contributed by atoms with Gasteiger partial charge >= 0.3 is 18.3 Å². The molecule has 0 radical (unpaired) electrons. The number of benzene rings is 6. The maximum Gasteiger partial charge on any atom is 0.417 e. The van der Waals surface area contributed by atoms with Gasteiger partial charge in [-0.05, 0) is 87.1 Å². The predicted octanol–water partition coefficient (Wildman–Crippen LogP) is 12.1. The van der Waals surface area contributed by atoms with Gasteiger partial charge in [0.2, 0.25) is 0 Å². The third kappa shape index (κ3) is 9.12. The Morgan fingerprint density at radius 3 is 1.97 bits per heavy atom. The van der Waals surface area contributed by atoms with E-state index >= 15 is 17.6 Å². The van der Waals surface area contributed by atoms with Crippen LogP contribution in [-0.2, 0) is 27.8 Å². The van der Waals surface area contributed by atoms with E-state index in [4.69, 9.17) is 40.4 Å². The van der Waals surface area contributed by atoms with Crippen molar-refractivity contribution in [2.45, 2.75) is 83.2 Å². The number of alkyl halides is 3. The molecule has 0 aliphatic carbocycles. The van der Waals surface area contributed by atoms with E-state index in [9.17, 15) is 4.79 Å². The summed E-state index contributed by atoms with van der Waals surface area (Å²) in [5.41, 5.74) is 0.00758. The van der Waals surface area contributed by atoms with E-state index in [1.54, 1.807) is 67.7 Å². The maximum atomic E-state index is 17.0. The number of anilines is 1. The molecule has 1 amide bonds. The number of hydrogen-bond acceptors (Lipinski definition) is 9. The Hall–Kier alpha value is -7.96. The van der Waals surface area contributed by atoms with Crippen LogP contribution in [0.15, 0.2) is 134 Å². The predicted molar refractivity (Wildman–Crippen MR) is 276 cm³/mol. The zero-order chi connectivity index (χ0) is 52.1. The summed E-state index contributed by atoms with van der Waals surface area (Å²) in [6.07, 6.45) is 1.95. The summed E-state index contributed by atoms with van der Waals surface area (Å²) in [5, 5.41) is 5.36. The van der Waals surface area contributed by atoms with Crippen molar-refractivity contribution < 1.29 is 41.3 Å². The van der Waals surface area contributed by atoms with Crippen molar-refractivity contribution >= 4 is 33.7 Å². The minimum absolute atomic E-state index is 0.0000636. The molecule has 10 rings (SSSR count). The molecule has 2 bridgehead atoms. The molecule has 2 aliphatic rings. The number of methoxy groups -OCH3 is 1. The van der Waals surface area contributed by atoms with Crippen molar-refractivity contribution in [2.75, 3.05) is 31.7 Å². The largest absolute Gasteiger partial charge is 0.486 e. The van der Waals surface area contributed by atoms with Gasteiger partial charge in [0.05, 0.1) is 29.3 Å². The van der Waals surface area contributed by atoms with E-state index in [-0.39, 0.29) is 88.9 Å². The molecule has 2 fully saturated rings. The molecule has 2 aliphatic heterocycles. The Balaban J connectivity index is 1.26. The second-order valence-electron chi connectivity index (χ2n) is 19.8. The highest BCUT2D eigenvalue weighted by molar-refractivity contribution is 6.06. The molecule has 378 valence electrons. The minimum Gasteiger partial charge on any atom is -0.486 e. The third-order valence-electron chi connectivity index (χ3n) is 13.9. The lowest BCUT2D eigenvalue weighted by atomic mass is 9.77. The molecule has 0 spiro atoms. The molecule has 2 aromatic heterocycles. The summed E-state index contributed by atoms with van der Waals surface area (Å²) in [5.74, 6) is 1.67. The van der Waals surface area contributed by atoms with E-state index < -0.39 is 46.5 Å². The molecule has 4 heterocycles.